The Bertz CT molecular complexity index is 1300. The van der Waals surface area contributed by atoms with Crippen LogP contribution in [0.2, 0.25) is 0 Å². The number of alkyl halides is 3. The first-order valence-electron chi connectivity index (χ1n) is 10.2. The lowest BCUT2D eigenvalue weighted by atomic mass is 10.3. The van der Waals surface area contributed by atoms with E-state index in [0.29, 0.717) is 16.9 Å². The van der Waals surface area contributed by atoms with Crippen molar-refractivity contribution in [3.8, 4) is 23.5 Å². The molecule has 4 heterocycles. The van der Waals surface area contributed by atoms with E-state index in [1.807, 2.05) is 0 Å². The second-order valence-corrected chi connectivity index (χ2v) is 6.97. The first-order valence-corrected chi connectivity index (χ1v) is 10.2. The Morgan fingerprint density at radius 2 is 1.83 bits per heavy atom. The lowest BCUT2D eigenvalue weighted by molar-refractivity contribution is -0.192. The first-order chi connectivity index (χ1) is 16.7. The molecule has 1 fully saturated rings. The number of fused-ring (bicyclic) bond motifs is 1. The Balaban J connectivity index is 0.000000429. The summed E-state index contributed by atoms with van der Waals surface area (Å²) >= 11 is 0. The molecule has 1 saturated heterocycles. The van der Waals surface area contributed by atoms with Crippen molar-refractivity contribution in [1.29, 1.82) is 0 Å². The Morgan fingerprint density at radius 1 is 1.20 bits per heavy atom. The zero-order valence-corrected chi connectivity index (χ0v) is 18.7. The van der Waals surface area contributed by atoms with E-state index in [4.69, 9.17) is 14.6 Å². The standard InChI is InChI=1S/C18H20N8O2.C2HF3O2/c1-3-4-7-25-14-15(24-8-5-19-6-9-24)22-12-23-16(14)26(18(25)27)13-10-20-17(28-2)21-11-13;3-2(4,5)1(6)7/h10-12,19H,5-9H2,1-2H3;(H,6,7). The Morgan fingerprint density at radius 3 is 2.37 bits per heavy atom. The van der Waals surface area contributed by atoms with Gasteiger partial charge in [-0.1, -0.05) is 5.92 Å². The normalized spacial score (nSPS) is 13.5. The average molecular weight is 494 g/mol. The molecular weight excluding hydrogens is 473 g/mol. The van der Waals surface area contributed by atoms with Crippen molar-refractivity contribution < 1.29 is 27.8 Å². The average Bonchev–Trinajstić information content (AvgIpc) is 3.14. The number of imidazole rings is 1. The van der Waals surface area contributed by atoms with Gasteiger partial charge in [0.05, 0.1) is 31.7 Å². The van der Waals surface area contributed by atoms with E-state index in [1.165, 1.54) is 30.4 Å². The highest BCUT2D eigenvalue weighted by Crippen LogP contribution is 2.24. The van der Waals surface area contributed by atoms with Crippen LogP contribution in [0.4, 0.5) is 19.0 Å². The van der Waals surface area contributed by atoms with Gasteiger partial charge in [0.2, 0.25) is 0 Å². The summed E-state index contributed by atoms with van der Waals surface area (Å²) < 4.78 is 39.8. The number of aliphatic carboxylic acids is 1. The largest absolute Gasteiger partial charge is 0.490 e. The van der Waals surface area contributed by atoms with Gasteiger partial charge in [0.25, 0.3) is 0 Å². The fourth-order valence-electron chi connectivity index (χ4n) is 3.25. The predicted octanol–water partition coefficient (Wildman–Crippen LogP) is 0.447. The lowest BCUT2D eigenvalue weighted by Gasteiger charge is -2.28. The number of hydrogen-bond donors (Lipinski definition) is 2. The number of carboxylic acids is 1. The molecule has 0 bridgehead atoms. The number of anilines is 1. The van der Waals surface area contributed by atoms with E-state index in [9.17, 15) is 18.0 Å². The Hall–Kier alpha value is -4.19. The van der Waals surface area contributed by atoms with Crippen molar-refractivity contribution in [3.63, 3.8) is 0 Å². The van der Waals surface area contributed by atoms with Crippen molar-refractivity contribution >= 4 is 23.0 Å². The fraction of sp³-hybridized carbons (Fsp3) is 0.400. The third kappa shape index (κ3) is 5.66. The van der Waals surface area contributed by atoms with Gasteiger partial charge in [-0.2, -0.15) is 13.2 Å². The van der Waals surface area contributed by atoms with Gasteiger partial charge in [-0.3, -0.25) is 4.57 Å². The molecule has 15 heteroatoms. The summed E-state index contributed by atoms with van der Waals surface area (Å²) in [6.45, 7) is 5.32. The molecule has 0 saturated carbocycles. The minimum absolute atomic E-state index is 0.230. The van der Waals surface area contributed by atoms with Crippen LogP contribution in [0.1, 0.15) is 6.92 Å². The monoisotopic (exact) mass is 494 g/mol. The first kappa shape index (κ1) is 25.4. The summed E-state index contributed by atoms with van der Waals surface area (Å²) in [5.74, 6) is 3.79. The number of nitrogens with zero attached hydrogens (tertiary/aromatic N) is 7. The van der Waals surface area contributed by atoms with Crippen LogP contribution in [-0.4, -0.2) is 79.6 Å². The summed E-state index contributed by atoms with van der Waals surface area (Å²) in [5, 5.41) is 10.5. The van der Waals surface area contributed by atoms with Gasteiger partial charge in [0.1, 0.15) is 11.8 Å². The maximum Gasteiger partial charge on any atom is 0.490 e. The molecule has 35 heavy (non-hydrogen) atoms. The topological polar surface area (TPSA) is 140 Å². The summed E-state index contributed by atoms with van der Waals surface area (Å²) in [4.78, 5) is 41.4. The third-order valence-corrected chi connectivity index (χ3v) is 4.82. The highest BCUT2D eigenvalue weighted by Gasteiger charge is 2.38. The zero-order valence-electron chi connectivity index (χ0n) is 18.7. The van der Waals surface area contributed by atoms with Crippen molar-refractivity contribution in [2.75, 3.05) is 38.2 Å². The molecule has 1 aliphatic rings. The molecule has 2 N–H and O–H groups in total. The zero-order chi connectivity index (χ0) is 25.6. The van der Waals surface area contributed by atoms with Crippen LogP contribution in [0.5, 0.6) is 6.01 Å². The maximum absolute atomic E-state index is 13.3. The number of carboxylic acid groups (broad SMARTS) is 1. The molecule has 0 amide bonds. The quantitative estimate of drug-likeness (QED) is 0.491. The Kier molecular flexibility index (Phi) is 7.87. The molecule has 186 valence electrons. The van der Waals surface area contributed by atoms with E-state index in [1.54, 1.807) is 11.5 Å². The molecule has 12 nitrogen and oxygen atoms in total. The SMILES string of the molecule is CC#CCn1c(=O)n(-c2cnc(OC)nc2)c2ncnc(N3CCNCC3)c21.O=C(O)C(F)(F)F. The van der Waals surface area contributed by atoms with E-state index < -0.39 is 12.1 Å². The summed E-state index contributed by atoms with van der Waals surface area (Å²) in [6, 6.07) is 0.230. The van der Waals surface area contributed by atoms with Gasteiger partial charge in [-0.05, 0) is 6.92 Å². The number of methoxy groups -OCH3 is 1. The van der Waals surface area contributed by atoms with Gasteiger partial charge >= 0.3 is 23.8 Å². The van der Waals surface area contributed by atoms with E-state index >= 15 is 0 Å². The lowest BCUT2D eigenvalue weighted by Crippen LogP contribution is -2.44. The second-order valence-electron chi connectivity index (χ2n) is 6.97. The van der Waals surface area contributed by atoms with Gasteiger partial charge in [-0.15, -0.1) is 5.92 Å². The van der Waals surface area contributed by atoms with E-state index in [2.05, 4.69) is 42.0 Å². The predicted molar refractivity (Wildman–Crippen MR) is 117 cm³/mol. The van der Waals surface area contributed by atoms with Crippen molar-refractivity contribution in [3.05, 3.63) is 29.2 Å². The molecular formula is C20H21F3N8O4. The number of rotatable bonds is 4. The summed E-state index contributed by atoms with van der Waals surface area (Å²) in [6.07, 6.45) is -0.528. The molecule has 0 atom stereocenters. The maximum atomic E-state index is 13.3. The van der Waals surface area contributed by atoms with Crippen LogP contribution < -0.4 is 20.6 Å². The van der Waals surface area contributed by atoms with Crippen molar-refractivity contribution in [2.24, 2.45) is 0 Å². The van der Waals surface area contributed by atoms with Crippen LogP contribution in [0.3, 0.4) is 0 Å². The molecule has 0 unspecified atom stereocenters. The van der Waals surface area contributed by atoms with Gasteiger partial charge in [-0.25, -0.2) is 34.1 Å². The number of halogens is 3. The molecule has 3 aromatic rings. The molecule has 0 spiro atoms. The van der Waals surface area contributed by atoms with Gasteiger partial charge < -0.3 is 20.1 Å². The minimum Gasteiger partial charge on any atom is -0.475 e. The summed E-state index contributed by atoms with van der Waals surface area (Å²) in [5.41, 5.74) is 1.40. The van der Waals surface area contributed by atoms with Crippen LogP contribution in [0, 0.1) is 11.8 Å². The molecule has 0 aliphatic carbocycles. The van der Waals surface area contributed by atoms with Gasteiger partial charge in [0.15, 0.2) is 11.5 Å². The van der Waals surface area contributed by atoms with Crippen molar-refractivity contribution in [1.82, 2.24) is 34.4 Å². The molecule has 0 aromatic carbocycles. The minimum atomic E-state index is -5.08. The highest BCUT2D eigenvalue weighted by molar-refractivity contribution is 5.85. The Labute approximate surface area is 196 Å². The fourth-order valence-corrected chi connectivity index (χ4v) is 3.25. The number of carbonyl (C=O) groups is 1. The smallest absolute Gasteiger partial charge is 0.475 e. The van der Waals surface area contributed by atoms with Crippen molar-refractivity contribution in [2.45, 2.75) is 19.6 Å². The number of aromatic nitrogens is 6. The van der Waals surface area contributed by atoms with Crippen LogP contribution in [0.25, 0.3) is 16.9 Å². The van der Waals surface area contributed by atoms with Crippen LogP contribution >= 0.6 is 0 Å². The summed E-state index contributed by atoms with van der Waals surface area (Å²) in [7, 11) is 1.49. The molecule has 0 radical (unpaired) electrons. The third-order valence-electron chi connectivity index (χ3n) is 4.82. The highest BCUT2D eigenvalue weighted by atomic mass is 19.4. The number of hydrogen-bond acceptors (Lipinski definition) is 9. The van der Waals surface area contributed by atoms with E-state index in [-0.39, 0.29) is 18.2 Å². The number of nitrogens with one attached hydrogen (secondary N) is 1. The molecule has 1 aliphatic heterocycles. The number of piperazine rings is 1. The second kappa shape index (κ2) is 10.8. The van der Waals surface area contributed by atoms with Crippen LogP contribution in [0.15, 0.2) is 23.5 Å². The molecule has 4 rings (SSSR count). The van der Waals surface area contributed by atoms with E-state index in [0.717, 1.165) is 32.0 Å². The van der Waals surface area contributed by atoms with Crippen LogP contribution in [-0.2, 0) is 11.3 Å². The molecule has 3 aromatic heterocycles. The van der Waals surface area contributed by atoms with Gasteiger partial charge in [0, 0.05) is 26.2 Å². The number of ether oxygens (including phenoxy) is 1.